The number of primary amides is 1. The molecule has 2 aliphatic rings. The summed E-state index contributed by atoms with van der Waals surface area (Å²) in [5.74, 6) is -0.383. The zero-order valence-corrected chi connectivity index (χ0v) is 16.3. The Morgan fingerprint density at radius 2 is 1.93 bits per heavy atom. The number of carbonyl (C=O) groups excluding carboxylic acids is 2. The minimum absolute atomic E-state index is 0.121. The molecular weight excluding hydrogens is 380 g/mol. The Kier molecular flexibility index (Phi) is 4.33. The molecule has 0 spiro atoms. The van der Waals surface area contributed by atoms with Crippen molar-refractivity contribution in [3.8, 4) is 16.9 Å². The largest absolute Gasteiger partial charge is 0.508 e. The number of hydrogen-bond donors (Lipinski definition) is 3. The van der Waals surface area contributed by atoms with Gasteiger partial charge in [0.05, 0.1) is 11.7 Å². The van der Waals surface area contributed by atoms with Crippen molar-refractivity contribution in [2.75, 3.05) is 24.5 Å². The first-order chi connectivity index (χ1) is 14.5. The highest BCUT2D eigenvalue weighted by Gasteiger charge is 2.37. The molecule has 3 aromatic carbocycles. The van der Waals surface area contributed by atoms with Gasteiger partial charge in [0.1, 0.15) is 12.3 Å². The maximum absolute atomic E-state index is 13.1. The Balaban J connectivity index is 1.63. The number of amides is 3. The summed E-state index contributed by atoms with van der Waals surface area (Å²) in [5.41, 5.74) is 8.84. The van der Waals surface area contributed by atoms with Crippen LogP contribution in [-0.4, -0.2) is 47.6 Å². The number of benzene rings is 3. The summed E-state index contributed by atoms with van der Waals surface area (Å²) < 4.78 is 0. The third kappa shape index (κ3) is 3.04. The lowest BCUT2D eigenvalue weighted by Crippen LogP contribution is -2.63. The Labute approximate surface area is 173 Å². The summed E-state index contributed by atoms with van der Waals surface area (Å²) >= 11 is 0. The van der Waals surface area contributed by atoms with E-state index in [1.165, 1.54) is 4.90 Å². The van der Waals surface area contributed by atoms with E-state index in [0.29, 0.717) is 12.2 Å². The van der Waals surface area contributed by atoms with Crippen molar-refractivity contribution >= 4 is 28.4 Å². The van der Waals surface area contributed by atoms with Crippen molar-refractivity contribution in [3.63, 3.8) is 0 Å². The molecule has 1 fully saturated rings. The van der Waals surface area contributed by atoms with Gasteiger partial charge in [0.2, 0.25) is 5.91 Å². The maximum atomic E-state index is 13.1. The second-order valence-corrected chi connectivity index (χ2v) is 7.83. The molecule has 0 radical (unpaired) electrons. The van der Waals surface area contributed by atoms with Gasteiger partial charge >= 0.3 is 6.03 Å². The average Bonchev–Trinajstić information content (AvgIpc) is 2.68. The van der Waals surface area contributed by atoms with Gasteiger partial charge in [-0.1, -0.05) is 36.4 Å². The van der Waals surface area contributed by atoms with Gasteiger partial charge in [-0.2, -0.15) is 0 Å². The number of anilines is 1. The Morgan fingerprint density at radius 3 is 2.67 bits per heavy atom. The standard InChI is InChI=1S/C23H22N4O3/c24-22(29)13-27-21-8-15(20-9-18(28)7-14-3-1-2-4-19(14)20)5-6-16(21)12-26(23(27)30)17-10-25-11-17/h1-9,17,25,28H,10-13H2,(H2,24,29). The van der Waals surface area contributed by atoms with Gasteiger partial charge in [-0.3, -0.25) is 9.69 Å². The summed E-state index contributed by atoms with van der Waals surface area (Å²) in [7, 11) is 0. The van der Waals surface area contributed by atoms with Gasteiger partial charge in [0.15, 0.2) is 0 Å². The molecule has 0 atom stereocenters. The van der Waals surface area contributed by atoms with Crippen LogP contribution in [0.2, 0.25) is 0 Å². The van der Waals surface area contributed by atoms with Gasteiger partial charge in [0.25, 0.3) is 0 Å². The number of nitrogens with two attached hydrogens (primary N) is 1. The molecule has 7 heteroatoms. The van der Waals surface area contributed by atoms with Crippen molar-refractivity contribution in [2.24, 2.45) is 5.73 Å². The van der Waals surface area contributed by atoms with Crippen LogP contribution < -0.4 is 16.0 Å². The van der Waals surface area contributed by atoms with Crippen molar-refractivity contribution < 1.29 is 14.7 Å². The first-order valence-electron chi connectivity index (χ1n) is 9.93. The SMILES string of the molecule is NC(=O)CN1C(=O)N(C2CNC2)Cc2ccc(-c3cc(O)cc4ccccc34)cc21. The average molecular weight is 402 g/mol. The zero-order chi connectivity index (χ0) is 20.8. The number of fused-ring (bicyclic) bond motifs is 2. The number of hydrogen-bond acceptors (Lipinski definition) is 4. The Bertz CT molecular complexity index is 1170. The fourth-order valence-corrected chi connectivity index (χ4v) is 4.25. The van der Waals surface area contributed by atoms with E-state index in [0.717, 1.165) is 40.6 Å². The van der Waals surface area contributed by atoms with Gasteiger partial charge in [0, 0.05) is 19.6 Å². The van der Waals surface area contributed by atoms with Crippen molar-refractivity contribution in [1.82, 2.24) is 10.2 Å². The van der Waals surface area contributed by atoms with Crippen molar-refractivity contribution in [1.29, 1.82) is 0 Å². The van der Waals surface area contributed by atoms with E-state index in [-0.39, 0.29) is 24.4 Å². The molecule has 7 nitrogen and oxygen atoms in total. The van der Waals surface area contributed by atoms with Crippen LogP contribution in [0.25, 0.3) is 21.9 Å². The van der Waals surface area contributed by atoms with Crippen LogP contribution in [-0.2, 0) is 11.3 Å². The van der Waals surface area contributed by atoms with Crippen LogP contribution >= 0.6 is 0 Å². The number of nitrogens with zero attached hydrogens (tertiary/aromatic N) is 2. The molecule has 0 unspecified atom stereocenters. The topological polar surface area (TPSA) is 98.9 Å². The monoisotopic (exact) mass is 402 g/mol. The molecule has 4 N–H and O–H groups in total. The first-order valence-corrected chi connectivity index (χ1v) is 9.93. The maximum Gasteiger partial charge on any atom is 0.325 e. The van der Waals surface area contributed by atoms with E-state index >= 15 is 0 Å². The lowest BCUT2D eigenvalue weighted by atomic mass is 9.95. The van der Waals surface area contributed by atoms with E-state index in [9.17, 15) is 14.7 Å². The number of phenols is 1. The molecule has 1 saturated heterocycles. The highest BCUT2D eigenvalue weighted by atomic mass is 16.3. The molecule has 30 heavy (non-hydrogen) atoms. The molecule has 3 aromatic rings. The van der Waals surface area contributed by atoms with Crippen LogP contribution in [0.3, 0.4) is 0 Å². The second-order valence-electron chi connectivity index (χ2n) is 7.83. The Morgan fingerprint density at radius 1 is 1.13 bits per heavy atom. The molecular formula is C23H22N4O3. The normalized spacial score (nSPS) is 16.5. The van der Waals surface area contributed by atoms with E-state index < -0.39 is 5.91 Å². The highest BCUT2D eigenvalue weighted by molar-refractivity contribution is 6.02. The number of phenolic OH excluding ortho intramolecular Hbond substituents is 1. The lowest BCUT2D eigenvalue weighted by Gasteiger charge is -2.44. The molecule has 5 rings (SSSR count). The summed E-state index contributed by atoms with van der Waals surface area (Å²) in [6.07, 6.45) is 0. The molecule has 0 saturated carbocycles. The first kappa shape index (κ1) is 18.4. The van der Waals surface area contributed by atoms with E-state index in [2.05, 4.69) is 5.32 Å². The minimum Gasteiger partial charge on any atom is -0.508 e. The van der Waals surface area contributed by atoms with Gasteiger partial charge in [-0.25, -0.2) is 4.79 Å². The van der Waals surface area contributed by atoms with E-state index in [1.54, 1.807) is 17.0 Å². The van der Waals surface area contributed by atoms with Crippen LogP contribution in [0.15, 0.2) is 54.6 Å². The molecule has 3 amide bonds. The van der Waals surface area contributed by atoms with Gasteiger partial charge in [-0.15, -0.1) is 0 Å². The van der Waals surface area contributed by atoms with Crippen molar-refractivity contribution in [3.05, 3.63) is 60.2 Å². The third-order valence-electron chi connectivity index (χ3n) is 5.87. The highest BCUT2D eigenvalue weighted by Crippen LogP contribution is 2.38. The Hall–Kier alpha value is -3.58. The van der Waals surface area contributed by atoms with Crippen LogP contribution in [0.5, 0.6) is 5.75 Å². The lowest BCUT2D eigenvalue weighted by molar-refractivity contribution is -0.116. The summed E-state index contributed by atoms with van der Waals surface area (Å²) in [5, 5.41) is 15.3. The van der Waals surface area contributed by atoms with Crippen LogP contribution in [0, 0.1) is 0 Å². The van der Waals surface area contributed by atoms with Gasteiger partial charge < -0.3 is 21.1 Å². The van der Waals surface area contributed by atoms with Gasteiger partial charge in [-0.05, 0) is 45.7 Å². The summed E-state index contributed by atoms with van der Waals surface area (Å²) in [6.45, 7) is 1.82. The van der Waals surface area contributed by atoms with Crippen LogP contribution in [0.4, 0.5) is 10.5 Å². The fraction of sp³-hybridized carbons (Fsp3) is 0.217. The predicted molar refractivity (Wildman–Crippen MR) is 115 cm³/mol. The van der Waals surface area contributed by atoms with Crippen LogP contribution in [0.1, 0.15) is 5.56 Å². The minimum atomic E-state index is -0.559. The number of urea groups is 1. The fourth-order valence-electron chi connectivity index (χ4n) is 4.25. The molecule has 0 aliphatic carbocycles. The molecule has 0 bridgehead atoms. The third-order valence-corrected chi connectivity index (χ3v) is 5.87. The zero-order valence-electron chi connectivity index (χ0n) is 16.3. The molecule has 2 heterocycles. The second kappa shape index (κ2) is 7.03. The van der Waals surface area contributed by atoms with E-state index in [4.69, 9.17) is 5.73 Å². The van der Waals surface area contributed by atoms with Crippen molar-refractivity contribution in [2.45, 2.75) is 12.6 Å². The number of nitrogens with one attached hydrogen (secondary N) is 1. The smallest absolute Gasteiger partial charge is 0.325 e. The summed E-state index contributed by atoms with van der Waals surface area (Å²) in [6, 6.07) is 17.1. The number of carbonyl (C=O) groups is 2. The summed E-state index contributed by atoms with van der Waals surface area (Å²) in [4.78, 5) is 28.1. The molecule has 152 valence electrons. The molecule has 0 aromatic heterocycles. The quantitative estimate of drug-likeness (QED) is 0.624. The predicted octanol–water partition coefficient (Wildman–Crippen LogP) is 2.41. The number of aromatic hydroxyl groups is 1. The molecule has 2 aliphatic heterocycles. The van der Waals surface area contributed by atoms with E-state index in [1.807, 2.05) is 42.5 Å². The number of rotatable bonds is 4.